The molecule has 0 saturated carbocycles. The van der Waals surface area contributed by atoms with Crippen molar-refractivity contribution < 1.29 is 18.3 Å². The molecule has 0 atom stereocenters. The van der Waals surface area contributed by atoms with Gasteiger partial charge in [0.15, 0.2) is 5.60 Å². The van der Waals surface area contributed by atoms with E-state index in [9.17, 15) is 23.1 Å². The molecule has 0 amide bonds. The molecule has 106 valence electrons. The summed E-state index contributed by atoms with van der Waals surface area (Å²) in [5.41, 5.74) is 2.55. The van der Waals surface area contributed by atoms with E-state index in [1.807, 2.05) is 0 Å². The van der Waals surface area contributed by atoms with Crippen molar-refractivity contribution in [1.82, 2.24) is 9.47 Å². The molecule has 1 saturated heterocycles. The van der Waals surface area contributed by atoms with Crippen LogP contribution in [0, 0.1) is 0 Å². The molecule has 0 bridgehead atoms. The first-order chi connectivity index (χ1) is 8.73. The summed E-state index contributed by atoms with van der Waals surface area (Å²) < 4.78 is 38.5. The smallest absolute Gasteiger partial charge is 0.394 e. The van der Waals surface area contributed by atoms with Gasteiger partial charge in [0.05, 0.1) is 5.69 Å². The largest absolute Gasteiger partial charge is 0.419 e. The third-order valence-corrected chi connectivity index (χ3v) is 3.20. The van der Waals surface area contributed by atoms with Crippen LogP contribution >= 0.6 is 0 Å². The minimum atomic E-state index is -4.61. The zero-order chi connectivity index (χ0) is 14.3. The molecule has 5 nitrogen and oxygen atoms in total. The lowest BCUT2D eigenvalue weighted by molar-refractivity contribution is -0.301. The minimum Gasteiger partial charge on any atom is -0.394 e. The van der Waals surface area contributed by atoms with Gasteiger partial charge in [0.1, 0.15) is 0 Å². The quantitative estimate of drug-likeness (QED) is 0.818. The van der Waals surface area contributed by atoms with Crippen molar-refractivity contribution in [1.29, 1.82) is 0 Å². The molecule has 0 aliphatic carbocycles. The van der Waals surface area contributed by atoms with Gasteiger partial charge in [-0.3, -0.25) is 9.69 Å². The Hall–Kier alpha value is -1.54. The summed E-state index contributed by atoms with van der Waals surface area (Å²) in [6, 6.07) is 3.06. The zero-order valence-electron chi connectivity index (χ0n) is 10.0. The van der Waals surface area contributed by atoms with Gasteiger partial charge < -0.3 is 15.4 Å². The van der Waals surface area contributed by atoms with E-state index in [1.54, 1.807) is 6.07 Å². The van der Waals surface area contributed by atoms with E-state index in [1.165, 1.54) is 21.7 Å². The van der Waals surface area contributed by atoms with Crippen LogP contribution in [-0.2, 0) is 6.54 Å². The number of nitrogens with zero attached hydrogens (tertiary/aromatic N) is 2. The van der Waals surface area contributed by atoms with Crippen LogP contribution < -0.4 is 11.3 Å². The maximum absolute atomic E-state index is 12.4. The van der Waals surface area contributed by atoms with Crippen LogP contribution in [0.25, 0.3) is 0 Å². The monoisotopic (exact) mass is 277 g/mol. The summed E-state index contributed by atoms with van der Waals surface area (Å²) in [4.78, 5) is 13.0. The minimum absolute atomic E-state index is 0.0953. The number of nitrogen functional groups attached to an aromatic ring is 1. The number of halogens is 3. The van der Waals surface area contributed by atoms with E-state index in [0.29, 0.717) is 0 Å². The number of aliphatic hydroxyl groups is 1. The van der Waals surface area contributed by atoms with Crippen LogP contribution in [0.1, 0.15) is 0 Å². The highest BCUT2D eigenvalue weighted by Gasteiger charge is 2.60. The van der Waals surface area contributed by atoms with Crippen LogP contribution in [-0.4, -0.2) is 46.0 Å². The van der Waals surface area contributed by atoms with Crippen LogP contribution in [0.4, 0.5) is 18.9 Å². The van der Waals surface area contributed by atoms with Gasteiger partial charge in [0, 0.05) is 32.4 Å². The number of alkyl halides is 3. The molecule has 1 aliphatic heterocycles. The van der Waals surface area contributed by atoms with Crippen molar-refractivity contribution in [2.45, 2.75) is 18.3 Å². The number of hydrogen-bond acceptors (Lipinski definition) is 4. The fourth-order valence-electron chi connectivity index (χ4n) is 2.01. The van der Waals surface area contributed by atoms with Crippen molar-refractivity contribution in [2.75, 3.05) is 25.4 Å². The molecule has 0 unspecified atom stereocenters. The van der Waals surface area contributed by atoms with Gasteiger partial charge in [-0.05, 0) is 12.1 Å². The number of hydrogen-bond donors (Lipinski definition) is 2. The second-order valence-corrected chi connectivity index (χ2v) is 4.70. The Morgan fingerprint density at radius 3 is 2.58 bits per heavy atom. The number of nitrogens with two attached hydrogens (primary N) is 1. The first-order valence-corrected chi connectivity index (χ1v) is 5.69. The maximum atomic E-state index is 12.4. The van der Waals surface area contributed by atoms with Gasteiger partial charge in [0.2, 0.25) is 0 Å². The van der Waals surface area contributed by atoms with E-state index >= 15 is 0 Å². The maximum Gasteiger partial charge on any atom is 0.419 e. The summed E-state index contributed by atoms with van der Waals surface area (Å²) in [6.07, 6.45) is -3.09. The normalized spacial score (nSPS) is 19.2. The Morgan fingerprint density at radius 1 is 1.37 bits per heavy atom. The number of aromatic nitrogens is 1. The molecule has 1 aromatic heterocycles. The van der Waals surface area contributed by atoms with Crippen molar-refractivity contribution in [3.63, 3.8) is 0 Å². The molecule has 1 aromatic rings. The van der Waals surface area contributed by atoms with Gasteiger partial charge in [0.25, 0.3) is 5.56 Å². The van der Waals surface area contributed by atoms with E-state index in [2.05, 4.69) is 0 Å². The highest BCUT2D eigenvalue weighted by molar-refractivity contribution is 5.33. The third kappa shape index (κ3) is 2.59. The Kier molecular flexibility index (Phi) is 3.31. The molecular weight excluding hydrogens is 263 g/mol. The van der Waals surface area contributed by atoms with Crippen LogP contribution in [0.15, 0.2) is 23.1 Å². The van der Waals surface area contributed by atoms with Gasteiger partial charge in [-0.1, -0.05) is 0 Å². The van der Waals surface area contributed by atoms with Crippen LogP contribution in [0.2, 0.25) is 0 Å². The predicted molar refractivity (Wildman–Crippen MR) is 62.6 cm³/mol. The number of rotatable bonds is 3. The predicted octanol–water partition coefficient (Wildman–Crippen LogP) is 0.0395. The Balaban J connectivity index is 1.90. The number of anilines is 1. The first-order valence-electron chi connectivity index (χ1n) is 5.69. The Morgan fingerprint density at radius 2 is 2.00 bits per heavy atom. The van der Waals surface area contributed by atoms with E-state index in [-0.39, 0.29) is 24.3 Å². The molecule has 1 aliphatic rings. The van der Waals surface area contributed by atoms with Crippen molar-refractivity contribution >= 4 is 5.69 Å². The average Bonchev–Trinajstić information content (AvgIpc) is 2.26. The van der Waals surface area contributed by atoms with E-state index in [4.69, 9.17) is 5.73 Å². The molecule has 0 aromatic carbocycles. The molecule has 8 heteroatoms. The van der Waals surface area contributed by atoms with Crippen molar-refractivity contribution in [3.8, 4) is 0 Å². The molecule has 2 heterocycles. The summed E-state index contributed by atoms with van der Waals surface area (Å²) in [5.74, 6) is 0. The summed E-state index contributed by atoms with van der Waals surface area (Å²) in [6.45, 7) is -0.444. The lowest BCUT2D eigenvalue weighted by atomic mass is 9.93. The van der Waals surface area contributed by atoms with Crippen LogP contribution in [0.3, 0.4) is 0 Å². The van der Waals surface area contributed by atoms with Gasteiger partial charge in [-0.25, -0.2) is 0 Å². The summed E-state index contributed by atoms with van der Waals surface area (Å²) >= 11 is 0. The topological polar surface area (TPSA) is 71.5 Å². The van der Waals surface area contributed by atoms with Gasteiger partial charge in [-0.2, -0.15) is 13.2 Å². The highest BCUT2D eigenvalue weighted by Crippen LogP contribution is 2.37. The molecule has 3 N–H and O–H groups in total. The molecule has 1 fully saturated rings. The van der Waals surface area contributed by atoms with E-state index < -0.39 is 24.9 Å². The molecule has 2 rings (SSSR count). The number of β-amino-alcohol motifs (C(OH)–C–C–N with tert-alkyl or cyclic N) is 1. The molecule has 19 heavy (non-hydrogen) atoms. The second-order valence-electron chi connectivity index (χ2n) is 4.70. The SMILES string of the molecule is Nc1cccn(CCN2CC(O)(C(F)(F)F)C2)c1=O. The summed E-state index contributed by atoms with van der Waals surface area (Å²) in [5, 5.41) is 9.26. The van der Waals surface area contributed by atoms with Crippen LogP contribution in [0.5, 0.6) is 0 Å². The van der Waals surface area contributed by atoms with Crippen molar-refractivity contribution in [2.24, 2.45) is 0 Å². The number of pyridine rings is 1. The van der Waals surface area contributed by atoms with Gasteiger partial charge in [-0.15, -0.1) is 0 Å². The molecule has 0 radical (unpaired) electrons. The molecule has 0 spiro atoms. The Bertz CT molecular complexity index is 521. The fourth-order valence-corrected chi connectivity index (χ4v) is 2.01. The first kappa shape index (κ1) is 13.9. The second kappa shape index (κ2) is 4.53. The molecular formula is C11H14F3N3O2. The average molecular weight is 277 g/mol. The lowest BCUT2D eigenvalue weighted by Gasteiger charge is -2.47. The highest BCUT2D eigenvalue weighted by atomic mass is 19.4. The summed E-state index contributed by atoms with van der Waals surface area (Å²) in [7, 11) is 0. The fraction of sp³-hybridized carbons (Fsp3) is 0.545. The van der Waals surface area contributed by atoms with Crippen molar-refractivity contribution in [3.05, 3.63) is 28.7 Å². The Labute approximate surface area is 107 Å². The third-order valence-electron chi connectivity index (χ3n) is 3.20. The van der Waals surface area contributed by atoms with Gasteiger partial charge >= 0.3 is 6.18 Å². The zero-order valence-corrected chi connectivity index (χ0v) is 10.0. The standard InChI is InChI=1S/C11H14F3N3O2/c12-11(13,14)10(19)6-16(7-10)4-5-17-3-1-2-8(15)9(17)18/h1-3,19H,4-7,15H2. The van der Waals surface area contributed by atoms with E-state index in [0.717, 1.165) is 0 Å². The lowest BCUT2D eigenvalue weighted by Crippen LogP contribution is -2.69. The number of likely N-dealkylation sites (tertiary alicyclic amines) is 1.